The molecule has 0 bridgehead atoms. The Labute approximate surface area is 79.5 Å². The zero-order valence-corrected chi connectivity index (χ0v) is 8.68. The molecule has 0 saturated heterocycles. The molecule has 0 unspecified atom stereocenters. The fraction of sp³-hybridized carbons (Fsp3) is 0.455. The van der Waals surface area contributed by atoms with Gasteiger partial charge in [0.05, 0.1) is 14.2 Å². The second-order valence-electron chi connectivity index (χ2n) is 3.00. The Bertz CT molecular complexity index is 292. The van der Waals surface area contributed by atoms with E-state index in [0.717, 1.165) is 23.5 Å². The van der Waals surface area contributed by atoms with Gasteiger partial charge in [0.15, 0.2) is 11.5 Å². The summed E-state index contributed by atoms with van der Waals surface area (Å²) in [6.45, 7) is 4.15. The van der Waals surface area contributed by atoms with Gasteiger partial charge in [-0.25, -0.2) is 0 Å². The topological polar surface area (TPSA) is 18.5 Å². The van der Waals surface area contributed by atoms with Crippen molar-refractivity contribution in [3.63, 3.8) is 0 Å². The zero-order chi connectivity index (χ0) is 9.84. The Balaban J connectivity index is 3.20. The molecule has 2 nitrogen and oxygen atoms in total. The lowest BCUT2D eigenvalue weighted by Gasteiger charge is -2.11. The van der Waals surface area contributed by atoms with E-state index in [0.29, 0.717) is 0 Å². The van der Waals surface area contributed by atoms with Crippen molar-refractivity contribution in [2.75, 3.05) is 14.2 Å². The van der Waals surface area contributed by atoms with E-state index in [2.05, 4.69) is 13.0 Å². The van der Waals surface area contributed by atoms with Crippen molar-refractivity contribution in [1.29, 1.82) is 0 Å². The molecule has 0 fully saturated rings. The molecule has 0 heterocycles. The Hall–Kier alpha value is -1.18. The van der Waals surface area contributed by atoms with Crippen molar-refractivity contribution in [2.45, 2.75) is 20.3 Å². The number of methoxy groups -OCH3 is 2. The maximum absolute atomic E-state index is 5.24. The quantitative estimate of drug-likeness (QED) is 0.711. The molecule has 0 amide bonds. The molecule has 1 aromatic carbocycles. The fourth-order valence-corrected chi connectivity index (χ4v) is 1.43. The molecule has 0 aromatic heterocycles. The highest BCUT2D eigenvalue weighted by molar-refractivity contribution is 5.48. The maximum Gasteiger partial charge on any atom is 0.163 e. The SMILES string of the molecule is CCc1cc(C)c(OC)c(OC)c1. The largest absolute Gasteiger partial charge is 0.493 e. The molecule has 0 atom stereocenters. The summed E-state index contributed by atoms with van der Waals surface area (Å²) in [4.78, 5) is 0. The van der Waals surface area contributed by atoms with Crippen molar-refractivity contribution >= 4 is 0 Å². The fourth-order valence-electron chi connectivity index (χ4n) is 1.43. The van der Waals surface area contributed by atoms with E-state index in [1.165, 1.54) is 5.56 Å². The molecule has 2 heteroatoms. The smallest absolute Gasteiger partial charge is 0.163 e. The molecule has 13 heavy (non-hydrogen) atoms. The van der Waals surface area contributed by atoms with Crippen LogP contribution in [0.3, 0.4) is 0 Å². The highest BCUT2D eigenvalue weighted by Gasteiger charge is 2.07. The van der Waals surface area contributed by atoms with Crippen molar-refractivity contribution in [2.24, 2.45) is 0 Å². The summed E-state index contributed by atoms with van der Waals surface area (Å²) in [7, 11) is 3.33. The minimum absolute atomic E-state index is 0.819. The molecule has 0 aliphatic heterocycles. The predicted octanol–water partition coefficient (Wildman–Crippen LogP) is 2.57. The first-order valence-corrected chi connectivity index (χ1v) is 4.44. The Morgan fingerprint density at radius 1 is 1.15 bits per heavy atom. The predicted molar refractivity (Wildman–Crippen MR) is 53.7 cm³/mol. The molecule has 72 valence electrons. The first kappa shape index (κ1) is 9.90. The Morgan fingerprint density at radius 2 is 1.85 bits per heavy atom. The van der Waals surface area contributed by atoms with Crippen LogP contribution >= 0.6 is 0 Å². The van der Waals surface area contributed by atoms with Crippen LogP contribution in [0.1, 0.15) is 18.1 Å². The van der Waals surface area contributed by atoms with Crippen LogP contribution in [0, 0.1) is 6.92 Å². The third-order valence-corrected chi connectivity index (χ3v) is 2.13. The summed E-state index contributed by atoms with van der Waals surface area (Å²) < 4.78 is 10.5. The van der Waals surface area contributed by atoms with Crippen molar-refractivity contribution in [1.82, 2.24) is 0 Å². The lowest BCUT2D eigenvalue weighted by molar-refractivity contribution is 0.352. The monoisotopic (exact) mass is 180 g/mol. The van der Waals surface area contributed by atoms with Gasteiger partial charge in [0.1, 0.15) is 0 Å². The van der Waals surface area contributed by atoms with E-state index in [1.54, 1.807) is 14.2 Å². The number of rotatable bonds is 3. The van der Waals surface area contributed by atoms with E-state index in [-0.39, 0.29) is 0 Å². The number of aryl methyl sites for hydroxylation is 2. The average Bonchev–Trinajstić information content (AvgIpc) is 2.16. The molecule has 0 saturated carbocycles. The average molecular weight is 180 g/mol. The Kier molecular flexibility index (Phi) is 3.18. The molecule has 0 radical (unpaired) electrons. The molecule has 0 spiro atoms. The molecule has 1 rings (SSSR count). The summed E-state index contributed by atoms with van der Waals surface area (Å²) in [5.74, 6) is 1.65. The highest BCUT2D eigenvalue weighted by Crippen LogP contribution is 2.31. The van der Waals surface area contributed by atoms with Gasteiger partial charge in [-0.1, -0.05) is 13.0 Å². The first-order valence-electron chi connectivity index (χ1n) is 4.44. The minimum atomic E-state index is 0.819. The van der Waals surface area contributed by atoms with Crippen LogP contribution in [0.5, 0.6) is 11.5 Å². The van der Waals surface area contributed by atoms with Gasteiger partial charge in [-0.15, -0.1) is 0 Å². The maximum atomic E-state index is 5.24. The molecule has 0 aliphatic rings. The van der Waals surface area contributed by atoms with E-state index in [1.807, 2.05) is 13.0 Å². The summed E-state index contributed by atoms with van der Waals surface area (Å²) in [5.41, 5.74) is 2.40. The highest BCUT2D eigenvalue weighted by atomic mass is 16.5. The van der Waals surface area contributed by atoms with Gasteiger partial charge >= 0.3 is 0 Å². The van der Waals surface area contributed by atoms with E-state index >= 15 is 0 Å². The summed E-state index contributed by atoms with van der Waals surface area (Å²) >= 11 is 0. The van der Waals surface area contributed by atoms with Crippen LogP contribution in [-0.4, -0.2) is 14.2 Å². The van der Waals surface area contributed by atoms with Gasteiger partial charge in [-0.05, 0) is 30.5 Å². The lowest BCUT2D eigenvalue weighted by atomic mass is 10.1. The Morgan fingerprint density at radius 3 is 2.31 bits per heavy atom. The van der Waals surface area contributed by atoms with Crippen LogP contribution < -0.4 is 9.47 Å². The van der Waals surface area contributed by atoms with Crippen LogP contribution in [0.25, 0.3) is 0 Å². The number of hydrogen-bond donors (Lipinski definition) is 0. The van der Waals surface area contributed by atoms with Gasteiger partial charge in [0, 0.05) is 0 Å². The zero-order valence-electron chi connectivity index (χ0n) is 8.68. The normalized spacial score (nSPS) is 9.85. The van der Waals surface area contributed by atoms with Crippen molar-refractivity contribution in [3.05, 3.63) is 23.3 Å². The molecular formula is C11H16O2. The summed E-state index contributed by atoms with van der Waals surface area (Å²) in [6, 6.07) is 4.15. The van der Waals surface area contributed by atoms with Crippen LogP contribution in [0.15, 0.2) is 12.1 Å². The third kappa shape index (κ3) is 1.94. The van der Waals surface area contributed by atoms with E-state index < -0.39 is 0 Å². The van der Waals surface area contributed by atoms with E-state index in [4.69, 9.17) is 9.47 Å². The van der Waals surface area contributed by atoms with Crippen molar-refractivity contribution < 1.29 is 9.47 Å². The van der Waals surface area contributed by atoms with Gasteiger partial charge in [-0.3, -0.25) is 0 Å². The number of hydrogen-bond acceptors (Lipinski definition) is 2. The number of benzene rings is 1. The van der Waals surface area contributed by atoms with Gasteiger partial charge in [0.25, 0.3) is 0 Å². The van der Waals surface area contributed by atoms with Crippen LogP contribution in [0.4, 0.5) is 0 Å². The molecule has 0 aliphatic carbocycles. The third-order valence-electron chi connectivity index (χ3n) is 2.13. The summed E-state index contributed by atoms with van der Waals surface area (Å²) in [6.07, 6.45) is 1.02. The summed E-state index contributed by atoms with van der Waals surface area (Å²) in [5, 5.41) is 0. The standard InChI is InChI=1S/C11H16O2/c1-5-9-6-8(2)11(13-4)10(7-9)12-3/h6-7H,5H2,1-4H3. The number of ether oxygens (including phenoxy) is 2. The first-order chi connectivity index (χ1) is 6.22. The van der Waals surface area contributed by atoms with E-state index in [9.17, 15) is 0 Å². The molecular weight excluding hydrogens is 164 g/mol. The second-order valence-corrected chi connectivity index (χ2v) is 3.00. The van der Waals surface area contributed by atoms with Crippen LogP contribution in [-0.2, 0) is 6.42 Å². The second kappa shape index (κ2) is 4.17. The van der Waals surface area contributed by atoms with Gasteiger partial charge in [-0.2, -0.15) is 0 Å². The minimum Gasteiger partial charge on any atom is -0.493 e. The lowest BCUT2D eigenvalue weighted by Crippen LogP contribution is -1.95. The van der Waals surface area contributed by atoms with Crippen LogP contribution in [0.2, 0.25) is 0 Å². The molecule has 0 N–H and O–H groups in total. The van der Waals surface area contributed by atoms with Gasteiger partial charge in [0.2, 0.25) is 0 Å². The molecule has 1 aromatic rings. The van der Waals surface area contributed by atoms with Crippen molar-refractivity contribution in [3.8, 4) is 11.5 Å². The van der Waals surface area contributed by atoms with Gasteiger partial charge < -0.3 is 9.47 Å².